The van der Waals surface area contributed by atoms with Crippen LogP contribution in [0, 0.1) is 0 Å². The Labute approximate surface area is 159 Å². The summed E-state index contributed by atoms with van der Waals surface area (Å²) in [5, 5.41) is 0. The van der Waals surface area contributed by atoms with E-state index in [9.17, 15) is 4.79 Å². The van der Waals surface area contributed by atoms with Crippen LogP contribution in [0.3, 0.4) is 0 Å². The van der Waals surface area contributed by atoms with Crippen molar-refractivity contribution in [2.75, 3.05) is 51.3 Å². The molecule has 27 heavy (non-hydrogen) atoms. The van der Waals surface area contributed by atoms with E-state index in [2.05, 4.69) is 39.0 Å². The van der Waals surface area contributed by atoms with Crippen LogP contribution < -0.4 is 4.90 Å². The molecule has 0 saturated carbocycles. The Kier molecular flexibility index (Phi) is 5.18. The lowest BCUT2D eigenvalue weighted by Crippen LogP contribution is -2.47. The van der Waals surface area contributed by atoms with Crippen molar-refractivity contribution in [3.8, 4) is 5.69 Å². The number of methoxy groups -OCH3 is 1. The highest BCUT2D eigenvalue weighted by molar-refractivity contribution is 5.86. The summed E-state index contributed by atoms with van der Waals surface area (Å²) in [6.45, 7) is 5.88. The maximum Gasteiger partial charge on any atom is 0.150 e. The van der Waals surface area contributed by atoms with Gasteiger partial charge in [-0.3, -0.25) is 14.3 Å². The maximum absolute atomic E-state index is 11.1. The zero-order valence-corrected chi connectivity index (χ0v) is 15.5. The van der Waals surface area contributed by atoms with E-state index in [0.29, 0.717) is 5.56 Å². The number of hydrogen-bond donors (Lipinski definition) is 0. The summed E-state index contributed by atoms with van der Waals surface area (Å²) in [5.74, 6) is 0. The predicted octanol–water partition coefficient (Wildman–Crippen LogP) is 2.61. The van der Waals surface area contributed by atoms with Gasteiger partial charge >= 0.3 is 0 Å². The first-order valence-corrected chi connectivity index (χ1v) is 9.27. The van der Waals surface area contributed by atoms with Gasteiger partial charge in [0.25, 0.3) is 0 Å². The number of nitrogens with zero attached hydrogens (tertiary/aromatic N) is 4. The van der Waals surface area contributed by atoms with Crippen molar-refractivity contribution in [3.63, 3.8) is 0 Å². The van der Waals surface area contributed by atoms with Gasteiger partial charge in [-0.2, -0.15) is 0 Å². The zero-order valence-electron chi connectivity index (χ0n) is 15.5. The van der Waals surface area contributed by atoms with E-state index in [4.69, 9.17) is 4.74 Å². The highest BCUT2D eigenvalue weighted by atomic mass is 16.5. The van der Waals surface area contributed by atoms with Crippen LogP contribution in [0.1, 0.15) is 10.4 Å². The molecule has 1 aliphatic heterocycles. The average Bonchev–Trinajstić information content (AvgIpc) is 3.16. The third-order valence-electron chi connectivity index (χ3n) is 5.16. The minimum atomic E-state index is 0.660. The number of aromatic nitrogens is 2. The minimum absolute atomic E-state index is 0.660. The Morgan fingerprint density at radius 3 is 2.67 bits per heavy atom. The van der Waals surface area contributed by atoms with Crippen LogP contribution in [0.25, 0.3) is 16.7 Å². The lowest BCUT2D eigenvalue weighted by Gasteiger charge is -2.36. The van der Waals surface area contributed by atoms with Gasteiger partial charge in [0.2, 0.25) is 0 Å². The van der Waals surface area contributed by atoms with Crippen LogP contribution in [-0.4, -0.2) is 67.2 Å². The van der Waals surface area contributed by atoms with Gasteiger partial charge in [-0.25, -0.2) is 4.98 Å². The van der Waals surface area contributed by atoms with Crippen LogP contribution in [0.4, 0.5) is 5.69 Å². The Morgan fingerprint density at radius 1 is 1.07 bits per heavy atom. The van der Waals surface area contributed by atoms with Crippen LogP contribution in [0.2, 0.25) is 0 Å². The lowest BCUT2D eigenvalue weighted by molar-refractivity contribution is 0.112. The fourth-order valence-electron chi connectivity index (χ4n) is 3.59. The molecular weight excluding hydrogens is 340 g/mol. The summed E-state index contributed by atoms with van der Waals surface area (Å²) in [7, 11) is 1.75. The van der Waals surface area contributed by atoms with Crippen molar-refractivity contribution in [1.82, 2.24) is 14.5 Å². The van der Waals surface area contributed by atoms with Crippen molar-refractivity contribution in [1.29, 1.82) is 0 Å². The minimum Gasteiger partial charge on any atom is -0.383 e. The summed E-state index contributed by atoms with van der Waals surface area (Å²) in [6.07, 6.45) is 2.69. The fraction of sp³-hybridized carbons (Fsp3) is 0.333. The Morgan fingerprint density at radius 2 is 1.89 bits per heavy atom. The molecule has 3 aromatic rings. The number of fused-ring (bicyclic) bond motifs is 1. The first-order valence-electron chi connectivity index (χ1n) is 9.27. The molecule has 0 spiro atoms. The second-order valence-corrected chi connectivity index (χ2v) is 6.82. The van der Waals surface area contributed by atoms with Crippen molar-refractivity contribution in [3.05, 3.63) is 54.4 Å². The monoisotopic (exact) mass is 364 g/mol. The van der Waals surface area contributed by atoms with Gasteiger partial charge in [0, 0.05) is 56.8 Å². The summed E-state index contributed by atoms with van der Waals surface area (Å²) in [4.78, 5) is 20.4. The van der Waals surface area contributed by atoms with Crippen molar-refractivity contribution < 1.29 is 9.53 Å². The Balaban J connectivity index is 1.56. The molecule has 1 aliphatic rings. The number of ether oxygens (including phenoxy) is 1. The number of carbonyl (C=O) groups excluding carboxylic acids is 1. The molecule has 0 amide bonds. The number of rotatable bonds is 6. The van der Waals surface area contributed by atoms with Crippen LogP contribution in [0.5, 0.6) is 0 Å². The van der Waals surface area contributed by atoms with Crippen LogP contribution in [-0.2, 0) is 4.74 Å². The molecule has 1 aromatic heterocycles. The summed E-state index contributed by atoms with van der Waals surface area (Å²) >= 11 is 0. The molecule has 0 bridgehead atoms. The Hall–Kier alpha value is -2.70. The normalized spacial score (nSPS) is 15.4. The van der Waals surface area contributed by atoms with Gasteiger partial charge in [-0.15, -0.1) is 0 Å². The molecule has 4 rings (SSSR count). The molecule has 0 unspecified atom stereocenters. The van der Waals surface area contributed by atoms with Crippen molar-refractivity contribution >= 4 is 23.0 Å². The van der Waals surface area contributed by atoms with E-state index in [-0.39, 0.29) is 0 Å². The molecule has 2 heterocycles. The second-order valence-electron chi connectivity index (χ2n) is 6.82. The lowest BCUT2D eigenvalue weighted by atomic mass is 10.2. The molecule has 6 heteroatoms. The topological polar surface area (TPSA) is 50.6 Å². The maximum atomic E-state index is 11.1. The third-order valence-corrected chi connectivity index (χ3v) is 5.16. The summed E-state index contributed by atoms with van der Waals surface area (Å²) in [6, 6.07) is 14.1. The number of aldehydes is 1. The van der Waals surface area contributed by atoms with Gasteiger partial charge < -0.3 is 9.64 Å². The molecule has 0 aliphatic carbocycles. The molecule has 0 N–H and O–H groups in total. The molecule has 2 aromatic carbocycles. The van der Waals surface area contributed by atoms with Gasteiger partial charge in [0.1, 0.15) is 12.6 Å². The molecule has 140 valence electrons. The number of anilines is 1. The average molecular weight is 364 g/mol. The smallest absolute Gasteiger partial charge is 0.150 e. The van der Waals surface area contributed by atoms with E-state index in [0.717, 1.165) is 62.3 Å². The highest BCUT2D eigenvalue weighted by Crippen LogP contribution is 2.24. The highest BCUT2D eigenvalue weighted by Gasteiger charge is 2.17. The largest absolute Gasteiger partial charge is 0.383 e. The van der Waals surface area contributed by atoms with Gasteiger partial charge in [-0.05, 0) is 36.4 Å². The molecule has 1 fully saturated rings. The molecule has 0 atom stereocenters. The van der Waals surface area contributed by atoms with Gasteiger partial charge in [0.05, 0.1) is 17.6 Å². The standard InChI is InChI=1S/C21H24N4O2/c1-27-12-11-23-7-9-24(10-8-23)18-3-2-4-19(14-18)25-16-22-20-6-5-17(15-26)13-21(20)25/h2-6,13-16H,7-12H2,1H3. The molecule has 6 nitrogen and oxygen atoms in total. The first kappa shape index (κ1) is 17.7. The van der Waals surface area contributed by atoms with E-state index in [1.54, 1.807) is 13.2 Å². The SMILES string of the molecule is COCCN1CCN(c2cccc(-n3cnc4ccc(C=O)cc43)c2)CC1. The molecule has 0 radical (unpaired) electrons. The summed E-state index contributed by atoms with van der Waals surface area (Å²) < 4.78 is 7.22. The quantitative estimate of drug-likeness (QED) is 0.630. The zero-order chi connectivity index (χ0) is 18.6. The van der Waals surface area contributed by atoms with Gasteiger partial charge in [0.15, 0.2) is 0 Å². The van der Waals surface area contributed by atoms with Crippen LogP contribution in [0.15, 0.2) is 48.8 Å². The number of benzene rings is 2. The second kappa shape index (κ2) is 7.90. The van der Waals surface area contributed by atoms with E-state index < -0.39 is 0 Å². The van der Waals surface area contributed by atoms with Gasteiger partial charge in [-0.1, -0.05) is 6.07 Å². The van der Waals surface area contributed by atoms with E-state index in [1.165, 1.54) is 5.69 Å². The van der Waals surface area contributed by atoms with Crippen molar-refractivity contribution in [2.24, 2.45) is 0 Å². The van der Waals surface area contributed by atoms with E-state index >= 15 is 0 Å². The fourth-order valence-corrected chi connectivity index (χ4v) is 3.59. The summed E-state index contributed by atoms with van der Waals surface area (Å²) in [5.41, 5.74) is 4.76. The molecule has 1 saturated heterocycles. The van der Waals surface area contributed by atoms with E-state index in [1.807, 2.05) is 23.0 Å². The Bertz CT molecular complexity index is 929. The predicted molar refractivity (Wildman–Crippen MR) is 107 cm³/mol. The van der Waals surface area contributed by atoms with Crippen molar-refractivity contribution in [2.45, 2.75) is 0 Å². The van der Waals surface area contributed by atoms with Crippen LogP contribution >= 0.6 is 0 Å². The third kappa shape index (κ3) is 3.72. The number of carbonyl (C=O) groups is 1. The number of piperazine rings is 1. The number of imidazole rings is 1. The number of hydrogen-bond acceptors (Lipinski definition) is 5. The molecular formula is C21H24N4O2. The first-order chi connectivity index (χ1) is 13.3.